The van der Waals surface area contributed by atoms with Gasteiger partial charge in [0.2, 0.25) is 0 Å². The van der Waals surface area contributed by atoms with Gasteiger partial charge in [-0.05, 0) is 43.9 Å². The van der Waals surface area contributed by atoms with Crippen molar-refractivity contribution in [2.24, 2.45) is 5.92 Å². The molecule has 1 saturated carbocycles. The van der Waals surface area contributed by atoms with Crippen LogP contribution in [0, 0.1) is 5.92 Å². The van der Waals surface area contributed by atoms with Crippen LogP contribution in [0.5, 0.6) is 0 Å². The summed E-state index contributed by atoms with van der Waals surface area (Å²) in [5.74, 6) is 0.874. The Bertz CT molecular complexity index is 282. The van der Waals surface area contributed by atoms with E-state index in [1.165, 1.54) is 19.3 Å². The van der Waals surface area contributed by atoms with Crippen LogP contribution in [-0.4, -0.2) is 22.8 Å². The Labute approximate surface area is 91.3 Å². The van der Waals surface area contributed by atoms with Gasteiger partial charge in [-0.1, -0.05) is 6.92 Å². The molecule has 3 heteroatoms. The van der Waals surface area contributed by atoms with Crippen molar-refractivity contribution in [3.8, 4) is 0 Å². The van der Waals surface area contributed by atoms with Gasteiger partial charge in [-0.3, -0.25) is 0 Å². The molecule has 15 heavy (non-hydrogen) atoms. The fourth-order valence-electron chi connectivity index (χ4n) is 1.90. The van der Waals surface area contributed by atoms with Gasteiger partial charge in [-0.25, -0.2) is 0 Å². The molecular formula is C12H19N3. The fourth-order valence-corrected chi connectivity index (χ4v) is 1.90. The van der Waals surface area contributed by atoms with Crippen LogP contribution >= 0.6 is 0 Å². The summed E-state index contributed by atoms with van der Waals surface area (Å²) in [4.78, 5) is 0. The van der Waals surface area contributed by atoms with E-state index in [1.54, 1.807) is 6.20 Å². The number of hydrogen-bond donors (Lipinski definition) is 1. The lowest BCUT2D eigenvalue weighted by Crippen LogP contribution is -2.34. The topological polar surface area (TPSA) is 37.8 Å². The van der Waals surface area contributed by atoms with E-state index in [-0.39, 0.29) is 0 Å². The molecule has 1 atom stereocenters. The zero-order valence-electron chi connectivity index (χ0n) is 9.32. The Kier molecular flexibility index (Phi) is 3.67. The molecule has 1 heterocycles. The molecular weight excluding hydrogens is 186 g/mol. The Morgan fingerprint density at radius 2 is 2.40 bits per heavy atom. The van der Waals surface area contributed by atoms with Gasteiger partial charge < -0.3 is 5.32 Å². The van der Waals surface area contributed by atoms with Gasteiger partial charge >= 0.3 is 0 Å². The molecule has 3 nitrogen and oxygen atoms in total. The first kappa shape index (κ1) is 10.6. The second-order valence-electron chi connectivity index (χ2n) is 4.32. The molecule has 2 rings (SSSR count). The quantitative estimate of drug-likeness (QED) is 0.769. The van der Waals surface area contributed by atoms with Gasteiger partial charge in [-0.15, -0.1) is 0 Å². The van der Waals surface area contributed by atoms with Crippen LogP contribution in [-0.2, 0) is 6.42 Å². The summed E-state index contributed by atoms with van der Waals surface area (Å²) in [6.07, 6.45) is 6.71. The predicted molar refractivity (Wildman–Crippen MR) is 60.5 cm³/mol. The van der Waals surface area contributed by atoms with E-state index in [9.17, 15) is 0 Å². The minimum absolute atomic E-state index is 0.613. The van der Waals surface area contributed by atoms with Gasteiger partial charge in [0.25, 0.3) is 0 Å². The minimum Gasteiger partial charge on any atom is -0.313 e. The zero-order chi connectivity index (χ0) is 10.5. The summed E-state index contributed by atoms with van der Waals surface area (Å²) < 4.78 is 0. The van der Waals surface area contributed by atoms with Crippen LogP contribution < -0.4 is 5.32 Å². The molecule has 1 N–H and O–H groups in total. The van der Waals surface area contributed by atoms with E-state index < -0.39 is 0 Å². The molecule has 1 aliphatic rings. The summed E-state index contributed by atoms with van der Waals surface area (Å²) in [5.41, 5.74) is 1.11. The molecule has 0 amide bonds. The van der Waals surface area contributed by atoms with E-state index in [0.717, 1.165) is 24.6 Å². The monoisotopic (exact) mass is 205 g/mol. The average Bonchev–Trinajstić information content (AvgIpc) is 3.09. The van der Waals surface area contributed by atoms with Crippen LogP contribution in [0.2, 0.25) is 0 Å². The number of nitrogens with zero attached hydrogens (tertiary/aromatic N) is 2. The smallest absolute Gasteiger partial charge is 0.0646 e. The Morgan fingerprint density at radius 1 is 1.53 bits per heavy atom. The van der Waals surface area contributed by atoms with Crippen molar-refractivity contribution < 1.29 is 0 Å². The van der Waals surface area contributed by atoms with Crippen LogP contribution in [0.25, 0.3) is 0 Å². The Morgan fingerprint density at radius 3 is 3.00 bits per heavy atom. The third kappa shape index (κ3) is 3.27. The molecule has 0 radical (unpaired) electrons. The van der Waals surface area contributed by atoms with Crippen LogP contribution in [0.4, 0.5) is 0 Å². The lowest BCUT2D eigenvalue weighted by Gasteiger charge is -2.16. The van der Waals surface area contributed by atoms with Crippen molar-refractivity contribution in [2.45, 2.75) is 38.6 Å². The van der Waals surface area contributed by atoms with E-state index in [0.29, 0.717) is 6.04 Å². The highest BCUT2D eigenvalue weighted by molar-refractivity contribution is 5.03. The fraction of sp³-hybridized carbons (Fsp3) is 0.667. The maximum absolute atomic E-state index is 4.15. The predicted octanol–water partition coefficient (Wildman–Crippen LogP) is 1.80. The highest BCUT2D eigenvalue weighted by atomic mass is 15.1. The van der Waals surface area contributed by atoms with Crippen LogP contribution in [0.15, 0.2) is 18.3 Å². The number of rotatable bonds is 6. The molecule has 1 aromatic heterocycles. The summed E-state index contributed by atoms with van der Waals surface area (Å²) in [6.45, 7) is 3.32. The highest BCUT2D eigenvalue weighted by Gasteiger charge is 2.30. The summed E-state index contributed by atoms with van der Waals surface area (Å²) >= 11 is 0. The molecule has 82 valence electrons. The lowest BCUT2D eigenvalue weighted by atomic mass is 10.1. The number of nitrogens with one attached hydrogen (secondary N) is 1. The molecule has 1 fully saturated rings. The standard InChI is InChI=1S/C12H19N3/c1-2-7-13-12(10-5-6-10)9-11-4-3-8-14-15-11/h3-4,8,10,12-13H,2,5-7,9H2,1H3. The molecule has 0 saturated heterocycles. The minimum atomic E-state index is 0.613. The molecule has 0 aliphatic heterocycles. The van der Waals surface area contributed by atoms with E-state index >= 15 is 0 Å². The largest absolute Gasteiger partial charge is 0.313 e. The average molecular weight is 205 g/mol. The summed E-state index contributed by atoms with van der Waals surface area (Å²) in [7, 11) is 0. The third-order valence-electron chi connectivity index (χ3n) is 2.90. The maximum Gasteiger partial charge on any atom is 0.0646 e. The molecule has 1 aliphatic carbocycles. The number of hydrogen-bond acceptors (Lipinski definition) is 3. The van der Waals surface area contributed by atoms with Crippen molar-refractivity contribution in [3.05, 3.63) is 24.0 Å². The highest BCUT2D eigenvalue weighted by Crippen LogP contribution is 2.33. The van der Waals surface area contributed by atoms with Crippen molar-refractivity contribution in [1.82, 2.24) is 15.5 Å². The summed E-state index contributed by atoms with van der Waals surface area (Å²) in [5, 5.41) is 11.7. The molecule has 1 unspecified atom stereocenters. The molecule has 1 aromatic rings. The second-order valence-corrected chi connectivity index (χ2v) is 4.32. The second kappa shape index (κ2) is 5.21. The normalized spacial score (nSPS) is 17.7. The van der Waals surface area contributed by atoms with Crippen molar-refractivity contribution in [1.29, 1.82) is 0 Å². The van der Waals surface area contributed by atoms with E-state index in [4.69, 9.17) is 0 Å². The first-order valence-electron chi connectivity index (χ1n) is 5.90. The SMILES string of the molecule is CCCNC(Cc1cccnn1)C1CC1. The van der Waals surface area contributed by atoms with Gasteiger partial charge in [0.1, 0.15) is 0 Å². The molecule has 0 spiro atoms. The maximum atomic E-state index is 4.15. The van der Waals surface area contributed by atoms with Crippen molar-refractivity contribution >= 4 is 0 Å². The van der Waals surface area contributed by atoms with Gasteiger partial charge in [0, 0.05) is 18.7 Å². The first-order valence-corrected chi connectivity index (χ1v) is 5.90. The summed E-state index contributed by atoms with van der Waals surface area (Å²) in [6, 6.07) is 4.64. The van der Waals surface area contributed by atoms with Gasteiger partial charge in [0.15, 0.2) is 0 Å². The molecule has 0 aromatic carbocycles. The zero-order valence-corrected chi connectivity index (χ0v) is 9.32. The Balaban J connectivity index is 1.88. The van der Waals surface area contributed by atoms with E-state index in [1.807, 2.05) is 6.07 Å². The number of aromatic nitrogens is 2. The van der Waals surface area contributed by atoms with E-state index in [2.05, 4.69) is 28.5 Å². The third-order valence-corrected chi connectivity index (χ3v) is 2.90. The first-order chi connectivity index (χ1) is 7.40. The van der Waals surface area contributed by atoms with Gasteiger partial charge in [0.05, 0.1) is 5.69 Å². The van der Waals surface area contributed by atoms with Crippen molar-refractivity contribution in [3.63, 3.8) is 0 Å². The molecule has 0 bridgehead atoms. The van der Waals surface area contributed by atoms with Gasteiger partial charge in [-0.2, -0.15) is 10.2 Å². The van der Waals surface area contributed by atoms with Crippen LogP contribution in [0.1, 0.15) is 31.9 Å². The lowest BCUT2D eigenvalue weighted by molar-refractivity contribution is 0.455. The van der Waals surface area contributed by atoms with Crippen LogP contribution in [0.3, 0.4) is 0 Å². The van der Waals surface area contributed by atoms with Crippen molar-refractivity contribution in [2.75, 3.05) is 6.54 Å². The Hall–Kier alpha value is -0.960.